The number of benzene rings is 2. The Balaban J connectivity index is 0.000000140. The normalized spacial score (nSPS) is 11.2. The zero-order valence-corrected chi connectivity index (χ0v) is 28.1. The van der Waals surface area contributed by atoms with Gasteiger partial charge in [-0.05, 0) is 97.1 Å². The number of hydrogen-bond donors (Lipinski definition) is 2. The van der Waals surface area contributed by atoms with E-state index in [9.17, 15) is 9.59 Å². The molecule has 2 aliphatic heterocycles. The summed E-state index contributed by atoms with van der Waals surface area (Å²) in [5, 5.41) is 1.90. The van der Waals surface area contributed by atoms with Crippen LogP contribution in [0.5, 0.6) is 0 Å². The van der Waals surface area contributed by atoms with Gasteiger partial charge in [0.2, 0.25) is 0 Å². The number of aromatic nitrogens is 4. The SMILES string of the molecule is C1=Cc2cc3ccc(cc4ccc(cc5nc(cc1n2)C=C5)[nH]4)[nH]3.O=c1ccc2ccccc2o1.O=c1ccc2ccccc2o1.[Zn]. The summed E-state index contributed by atoms with van der Waals surface area (Å²) in [6.45, 7) is 0. The maximum atomic E-state index is 10.7. The van der Waals surface area contributed by atoms with Crippen molar-refractivity contribution in [1.82, 2.24) is 19.9 Å². The summed E-state index contributed by atoms with van der Waals surface area (Å²) in [7, 11) is 0. The number of rotatable bonds is 0. The van der Waals surface area contributed by atoms with E-state index in [0.29, 0.717) is 11.2 Å². The molecule has 8 bridgehead atoms. The molecule has 2 N–H and O–H groups in total. The molecule has 0 spiro atoms. The van der Waals surface area contributed by atoms with E-state index in [4.69, 9.17) is 8.83 Å². The van der Waals surface area contributed by atoms with Gasteiger partial charge >= 0.3 is 11.3 Å². The number of nitrogens with zero attached hydrogens (tertiary/aromatic N) is 2. The molecular weight excluding hydrogens is 642 g/mol. The van der Waals surface area contributed by atoms with Crippen LogP contribution in [0.4, 0.5) is 0 Å². The Labute approximate surface area is 280 Å². The first-order chi connectivity index (χ1) is 22.5. The van der Waals surface area contributed by atoms with Crippen LogP contribution < -0.4 is 11.3 Å². The fourth-order valence-corrected chi connectivity index (χ4v) is 4.97. The van der Waals surface area contributed by atoms with Crippen LogP contribution in [0.25, 0.3) is 68.3 Å². The van der Waals surface area contributed by atoms with Gasteiger partial charge in [-0.1, -0.05) is 36.4 Å². The second kappa shape index (κ2) is 14.0. The molecular formula is C38H26N4O4Zn. The van der Waals surface area contributed by atoms with Crippen molar-refractivity contribution in [3.05, 3.63) is 165 Å². The average Bonchev–Trinajstić information content (AvgIpc) is 3.89. The van der Waals surface area contributed by atoms with Gasteiger partial charge in [0, 0.05) is 64.4 Å². The predicted octanol–water partition coefficient (Wildman–Crippen LogP) is 8.24. The summed E-state index contributed by atoms with van der Waals surface area (Å²) >= 11 is 0. The van der Waals surface area contributed by atoms with E-state index < -0.39 is 0 Å². The zero-order chi connectivity index (χ0) is 31.3. The van der Waals surface area contributed by atoms with E-state index in [0.717, 1.165) is 55.6 Å². The van der Waals surface area contributed by atoms with Crippen LogP contribution in [-0.2, 0) is 19.5 Å². The Morgan fingerprint density at radius 2 is 0.809 bits per heavy atom. The van der Waals surface area contributed by atoms with Crippen molar-refractivity contribution in [1.29, 1.82) is 0 Å². The average molecular weight is 668 g/mol. The minimum absolute atomic E-state index is 0. The van der Waals surface area contributed by atoms with Crippen LogP contribution in [0, 0.1) is 0 Å². The van der Waals surface area contributed by atoms with Crippen LogP contribution in [0.3, 0.4) is 0 Å². The summed E-state index contributed by atoms with van der Waals surface area (Å²) in [5.41, 5.74) is 8.53. The molecule has 8 nitrogen and oxygen atoms in total. The molecule has 47 heavy (non-hydrogen) atoms. The predicted molar refractivity (Wildman–Crippen MR) is 184 cm³/mol. The van der Waals surface area contributed by atoms with Gasteiger partial charge < -0.3 is 18.8 Å². The number of hydrogen-bond acceptors (Lipinski definition) is 6. The van der Waals surface area contributed by atoms with Crippen molar-refractivity contribution in [2.24, 2.45) is 0 Å². The number of para-hydroxylation sites is 2. The molecule has 0 unspecified atom stereocenters. The Bertz CT molecular complexity index is 2380. The molecule has 0 fully saturated rings. The third-order valence-corrected chi connectivity index (χ3v) is 7.10. The Morgan fingerprint density at radius 1 is 0.426 bits per heavy atom. The first-order valence-corrected chi connectivity index (χ1v) is 14.5. The summed E-state index contributed by atoms with van der Waals surface area (Å²) < 4.78 is 9.81. The van der Waals surface area contributed by atoms with Crippen molar-refractivity contribution in [2.45, 2.75) is 0 Å². The van der Waals surface area contributed by atoms with Gasteiger partial charge in [-0.2, -0.15) is 0 Å². The fraction of sp³-hybridized carbons (Fsp3) is 0. The Morgan fingerprint density at radius 3 is 1.26 bits per heavy atom. The smallest absolute Gasteiger partial charge is 0.336 e. The monoisotopic (exact) mass is 666 g/mol. The van der Waals surface area contributed by atoms with Gasteiger partial charge in [0.05, 0.1) is 22.8 Å². The van der Waals surface area contributed by atoms with Crippen LogP contribution in [0.15, 0.2) is 140 Å². The second-order valence-corrected chi connectivity index (χ2v) is 10.5. The van der Waals surface area contributed by atoms with Crippen molar-refractivity contribution in [3.63, 3.8) is 0 Å². The molecule has 2 aromatic carbocycles. The first-order valence-electron chi connectivity index (χ1n) is 14.5. The molecule has 0 saturated heterocycles. The van der Waals surface area contributed by atoms with Gasteiger partial charge in [0.25, 0.3) is 0 Å². The van der Waals surface area contributed by atoms with Gasteiger partial charge in [0.1, 0.15) is 11.2 Å². The third-order valence-electron chi connectivity index (χ3n) is 7.10. The molecule has 2 aliphatic rings. The van der Waals surface area contributed by atoms with Gasteiger partial charge in [-0.25, -0.2) is 19.6 Å². The van der Waals surface area contributed by atoms with Crippen LogP contribution >= 0.6 is 0 Å². The summed E-state index contributed by atoms with van der Waals surface area (Å²) in [4.78, 5) is 37.5. The Hall–Kier alpha value is -5.92. The third kappa shape index (κ3) is 7.85. The molecule has 0 radical (unpaired) electrons. The van der Waals surface area contributed by atoms with Gasteiger partial charge in [-0.3, -0.25) is 0 Å². The van der Waals surface area contributed by atoms with Crippen LogP contribution in [0.1, 0.15) is 22.8 Å². The fourth-order valence-electron chi connectivity index (χ4n) is 4.97. The Kier molecular flexibility index (Phi) is 9.27. The molecule has 7 aromatic rings. The minimum atomic E-state index is -0.302. The van der Waals surface area contributed by atoms with Crippen molar-refractivity contribution in [2.75, 3.05) is 0 Å². The molecule has 0 aliphatic carbocycles. The van der Waals surface area contributed by atoms with E-state index >= 15 is 0 Å². The van der Waals surface area contributed by atoms with E-state index in [1.54, 1.807) is 24.3 Å². The minimum Gasteiger partial charge on any atom is -0.423 e. The number of fused-ring (bicyclic) bond motifs is 10. The van der Waals surface area contributed by atoms with Gasteiger partial charge in [0.15, 0.2) is 0 Å². The molecule has 5 aromatic heterocycles. The summed E-state index contributed by atoms with van der Waals surface area (Å²) in [6, 6.07) is 37.6. The standard InChI is InChI=1S/C20H14N4.2C9H6O2.Zn/c1-2-14-10-16-5-6-18(23-16)12-20-8-7-19(24-20)11-17-4-3-15(22-17)9-13(1)21-14;2*10-9-6-5-7-3-1-2-4-8(7)11-9;/h1-12,21-22H;2*1-6H;. The van der Waals surface area contributed by atoms with E-state index in [-0.39, 0.29) is 30.7 Å². The first kappa shape index (κ1) is 31.1. The topological polar surface area (TPSA) is 118 Å². The molecule has 9 rings (SSSR count). The maximum absolute atomic E-state index is 10.7. The number of H-pyrrole nitrogens is 2. The molecule has 0 saturated carbocycles. The summed E-state index contributed by atoms with van der Waals surface area (Å²) in [5.74, 6) is 0. The molecule has 9 heteroatoms. The summed E-state index contributed by atoms with van der Waals surface area (Å²) in [6.07, 6.45) is 8.05. The second-order valence-electron chi connectivity index (χ2n) is 10.5. The molecule has 0 amide bonds. The van der Waals surface area contributed by atoms with Gasteiger partial charge in [-0.15, -0.1) is 0 Å². The molecule has 224 valence electrons. The van der Waals surface area contributed by atoms with Crippen molar-refractivity contribution in [3.8, 4) is 0 Å². The molecule has 7 heterocycles. The van der Waals surface area contributed by atoms with Crippen LogP contribution in [-0.4, -0.2) is 19.9 Å². The maximum Gasteiger partial charge on any atom is 0.336 e. The van der Waals surface area contributed by atoms with Crippen LogP contribution in [0.2, 0.25) is 0 Å². The van der Waals surface area contributed by atoms with Crippen molar-refractivity contribution < 1.29 is 28.3 Å². The van der Waals surface area contributed by atoms with E-state index in [1.807, 2.05) is 78.9 Å². The molecule has 0 atom stereocenters. The van der Waals surface area contributed by atoms with E-state index in [1.165, 1.54) is 12.1 Å². The number of nitrogens with one attached hydrogen (secondary N) is 2. The van der Waals surface area contributed by atoms with Crippen molar-refractivity contribution >= 4 is 68.3 Å². The quantitative estimate of drug-likeness (QED) is 0.124. The number of aromatic amines is 2. The largest absolute Gasteiger partial charge is 0.423 e. The zero-order valence-electron chi connectivity index (χ0n) is 25.1. The van der Waals surface area contributed by atoms with E-state index in [2.05, 4.69) is 50.3 Å².